The summed E-state index contributed by atoms with van der Waals surface area (Å²) in [4.78, 5) is 0. The Morgan fingerprint density at radius 3 is 2.09 bits per heavy atom. The molecule has 1 rings (SSSR count). The minimum Gasteiger partial charge on any atom is -0.0812 e. The van der Waals surface area contributed by atoms with Crippen LogP contribution in [0.25, 0.3) is 0 Å². The lowest BCUT2D eigenvalue weighted by Crippen LogP contribution is -1.89. The second-order valence-corrected chi connectivity index (χ2v) is 3.76. The van der Waals surface area contributed by atoms with E-state index in [1.807, 2.05) is 0 Å². The van der Waals surface area contributed by atoms with Crippen molar-refractivity contribution < 1.29 is 0 Å². The molecule has 1 aromatic carbocycles. The molecule has 0 bridgehead atoms. The summed E-state index contributed by atoms with van der Waals surface area (Å²) >= 11 is 2.41. The van der Waals surface area contributed by atoms with E-state index in [4.69, 9.17) is 0 Å². The number of rotatable bonds is 1. The molecule has 0 aliphatic heterocycles. The summed E-state index contributed by atoms with van der Waals surface area (Å²) in [7, 11) is 0. The summed E-state index contributed by atoms with van der Waals surface area (Å²) in [5.74, 6) is 0. The van der Waals surface area contributed by atoms with Crippen LogP contribution in [0.5, 0.6) is 0 Å². The molecule has 0 fully saturated rings. The van der Waals surface area contributed by atoms with Crippen molar-refractivity contribution in [2.45, 2.75) is 25.2 Å². The van der Waals surface area contributed by atoms with Gasteiger partial charge < -0.3 is 0 Å². The third-order valence-electron chi connectivity index (χ3n) is 2.10. The van der Waals surface area contributed by atoms with Crippen LogP contribution in [0.2, 0.25) is 0 Å². The van der Waals surface area contributed by atoms with Gasteiger partial charge >= 0.3 is 0 Å². The SMILES string of the molecule is Cc1cc(C)c(CI)cc1C. The zero-order chi connectivity index (χ0) is 8.43. The fraction of sp³-hybridized carbons (Fsp3) is 0.400. The number of hydrogen-bond donors (Lipinski definition) is 0. The highest BCUT2D eigenvalue weighted by Gasteiger charge is 1.98. The first-order valence-corrected chi connectivity index (χ1v) is 5.30. The van der Waals surface area contributed by atoms with Crippen molar-refractivity contribution in [3.05, 3.63) is 34.4 Å². The monoisotopic (exact) mass is 260 g/mol. The summed E-state index contributed by atoms with van der Waals surface area (Å²) in [5, 5.41) is 0. The molecule has 1 aromatic rings. The molecule has 1 heteroatoms. The second-order valence-electron chi connectivity index (χ2n) is 3.00. The minimum atomic E-state index is 1.12. The van der Waals surface area contributed by atoms with E-state index in [-0.39, 0.29) is 0 Å². The summed E-state index contributed by atoms with van der Waals surface area (Å²) in [6, 6.07) is 4.56. The molecule has 0 aliphatic rings. The van der Waals surface area contributed by atoms with Crippen molar-refractivity contribution in [1.29, 1.82) is 0 Å². The Morgan fingerprint density at radius 2 is 1.55 bits per heavy atom. The second kappa shape index (κ2) is 3.57. The van der Waals surface area contributed by atoms with E-state index in [2.05, 4.69) is 55.5 Å². The molecule has 0 aliphatic carbocycles. The van der Waals surface area contributed by atoms with Crippen LogP contribution in [0.1, 0.15) is 22.3 Å². The first-order valence-electron chi connectivity index (χ1n) is 3.78. The fourth-order valence-corrected chi connectivity index (χ4v) is 1.99. The Balaban J connectivity index is 3.21. The first kappa shape index (κ1) is 9.04. The molecular formula is C10H13I. The molecule has 11 heavy (non-hydrogen) atoms. The molecule has 0 N–H and O–H groups in total. The Kier molecular flexibility index (Phi) is 2.93. The fourth-order valence-electron chi connectivity index (χ4n) is 1.16. The molecule has 0 saturated heterocycles. The largest absolute Gasteiger partial charge is 0.0812 e. The zero-order valence-electron chi connectivity index (χ0n) is 7.24. The Hall–Kier alpha value is -0.0500. The lowest BCUT2D eigenvalue weighted by atomic mass is 10.0. The Labute approximate surface area is 82.2 Å². The van der Waals surface area contributed by atoms with E-state index in [0.717, 1.165) is 4.43 Å². The van der Waals surface area contributed by atoms with Crippen LogP contribution in [-0.4, -0.2) is 0 Å². The van der Waals surface area contributed by atoms with Gasteiger partial charge in [-0.1, -0.05) is 34.7 Å². The molecule has 60 valence electrons. The van der Waals surface area contributed by atoms with Gasteiger partial charge in [-0.15, -0.1) is 0 Å². The van der Waals surface area contributed by atoms with E-state index in [1.54, 1.807) is 0 Å². The molecule has 0 radical (unpaired) electrons. The van der Waals surface area contributed by atoms with Gasteiger partial charge in [0.25, 0.3) is 0 Å². The summed E-state index contributed by atoms with van der Waals surface area (Å²) in [6.07, 6.45) is 0. The predicted octanol–water partition coefficient (Wildman–Crippen LogP) is 3.55. The molecule has 0 nitrogen and oxygen atoms in total. The van der Waals surface area contributed by atoms with E-state index < -0.39 is 0 Å². The van der Waals surface area contributed by atoms with E-state index in [9.17, 15) is 0 Å². The van der Waals surface area contributed by atoms with Gasteiger partial charge in [-0.05, 0) is 43.0 Å². The Morgan fingerprint density at radius 1 is 1.00 bits per heavy atom. The van der Waals surface area contributed by atoms with Crippen molar-refractivity contribution >= 4 is 22.6 Å². The lowest BCUT2D eigenvalue weighted by Gasteiger charge is -2.06. The highest BCUT2D eigenvalue weighted by atomic mass is 127. The molecule has 0 heterocycles. The van der Waals surface area contributed by atoms with Gasteiger partial charge in [0.1, 0.15) is 0 Å². The van der Waals surface area contributed by atoms with Gasteiger partial charge in [-0.3, -0.25) is 0 Å². The summed E-state index contributed by atoms with van der Waals surface area (Å²) < 4.78 is 1.12. The van der Waals surface area contributed by atoms with Crippen molar-refractivity contribution in [3.8, 4) is 0 Å². The van der Waals surface area contributed by atoms with Gasteiger partial charge in [-0.25, -0.2) is 0 Å². The van der Waals surface area contributed by atoms with Crippen LogP contribution in [0, 0.1) is 20.8 Å². The van der Waals surface area contributed by atoms with Crippen LogP contribution in [0.15, 0.2) is 12.1 Å². The molecule has 0 amide bonds. The topological polar surface area (TPSA) is 0 Å². The number of alkyl halides is 1. The summed E-state index contributed by atoms with van der Waals surface area (Å²) in [5.41, 5.74) is 5.69. The molecule has 0 unspecified atom stereocenters. The number of halogens is 1. The molecule has 0 aromatic heterocycles. The van der Waals surface area contributed by atoms with Gasteiger partial charge in [0, 0.05) is 4.43 Å². The zero-order valence-corrected chi connectivity index (χ0v) is 9.40. The van der Waals surface area contributed by atoms with Gasteiger partial charge in [0.05, 0.1) is 0 Å². The molecule has 0 spiro atoms. The van der Waals surface area contributed by atoms with E-state index in [0.29, 0.717) is 0 Å². The smallest absolute Gasteiger partial charge is 0.0249 e. The normalized spacial score (nSPS) is 10.2. The van der Waals surface area contributed by atoms with Crippen LogP contribution in [0.3, 0.4) is 0 Å². The van der Waals surface area contributed by atoms with Gasteiger partial charge in [0.2, 0.25) is 0 Å². The van der Waals surface area contributed by atoms with Crippen molar-refractivity contribution in [2.75, 3.05) is 0 Å². The summed E-state index contributed by atoms with van der Waals surface area (Å²) in [6.45, 7) is 6.52. The maximum Gasteiger partial charge on any atom is 0.0249 e. The van der Waals surface area contributed by atoms with E-state index >= 15 is 0 Å². The van der Waals surface area contributed by atoms with Gasteiger partial charge in [0.15, 0.2) is 0 Å². The number of hydrogen-bond acceptors (Lipinski definition) is 0. The minimum absolute atomic E-state index is 1.12. The van der Waals surface area contributed by atoms with Crippen LogP contribution in [0.4, 0.5) is 0 Å². The molecular weight excluding hydrogens is 247 g/mol. The predicted molar refractivity (Wildman–Crippen MR) is 58.4 cm³/mol. The number of aryl methyl sites for hydroxylation is 3. The molecule has 0 atom stereocenters. The third kappa shape index (κ3) is 1.95. The van der Waals surface area contributed by atoms with E-state index in [1.165, 1.54) is 22.3 Å². The van der Waals surface area contributed by atoms with Gasteiger partial charge in [-0.2, -0.15) is 0 Å². The highest BCUT2D eigenvalue weighted by Crippen LogP contribution is 2.17. The Bertz CT molecular complexity index is 264. The number of benzene rings is 1. The van der Waals surface area contributed by atoms with Crippen molar-refractivity contribution in [3.63, 3.8) is 0 Å². The highest BCUT2D eigenvalue weighted by molar-refractivity contribution is 14.1. The molecule has 0 saturated carbocycles. The maximum absolute atomic E-state index is 2.41. The third-order valence-corrected chi connectivity index (χ3v) is 2.92. The van der Waals surface area contributed by atoms with Crippen molar-refractivity contribution in [2.24, 2.45) is 0 Å². The average molecular weight is 260 g/mol. The van der Waals surface area contributed by atoms with Crippen LogP contribution >= 0.6 is 22.6 Å². The standard InChI is InChI=1S/C10H13I/c1-7-4-9(3)10(6-11)5-8(7)2/h4-5H,6H2,1-3H3. The van der Waals surface area contributed by atoms with Crippen LogP contribution in [-0.2, 0) is 4.43 Å². The average Bonchev–Trinajstić information content (AvgIpc) is 1.97. The maximum atomic E-state index is 2.41. The quantitative estimate of drug-likeness (QED) is 0.535. The lowest BCUT2D eigenvalue weighted by molar-refractivity contribution is 1.24. The first-order chi connectivity index (χ1) is 5.15. The van der Waals surface area contributed by atoms with Crippen LogP contribution < -0.4 is 0 Å². The van der Waals surface area contributed by atoms with Crippen molar-refractivity contribution in [1.82, 2.24) is 0 Å².